The van der Waals surface area contributed by atoms with Crippen LogP contribution in [-0.4, -0.2) is 78.7 Å². The van der Waals surface area contributed by atoms with Crippen molar-refractivity contribution >= 4 is 11.7 Å². The van der Waals surface area contributed by atoms with Crippen LogP contribution in [0.3, 0.4) is 0 Å². The number of rotatable bonds is 6. The summed E-state index contributed by atoms with van der Waals surface area (Å²) in [7, 11) is 2.04. The Kier molecular flexibility index (Phi) is 6.92. The van der Waals surface area contributed by atoms with Crippen molar-refractivity contribution in [2.24, 2.45) is 5.92 Å². The Bertz CT molecular complexity index is 817. The molecule has 0 spiro atoms. The fourth-order valence-electron chi connectivity index (χ4n) is 4.22. The molecule has 7 heteroatoms. The van der Waals surface area contributed by atoms with E-state index in [1.165, 1.54) is 18.4 Å². The Morgan fingerprint density at radius 1 is 1.10 bits per heavy atom. The largest absolute Gasteiger partial charge is 0.378 e. The Morgan fingerprint density at radius 2 is 1.83 bits per heavy atom. The second-order valence-corrected chi connectivity index (χ2v) is 8.25. The minimum atomic E-state index is -0.0599. The molecule has 2 fully saturated rings. The van der Waals surface area contributed by atoms with Crippen LogP contribution in [0.1, 0.15) is 28.9 Å². The second-order valence-electron chi connectivity index (χ2n) is 8.25. The van der Waals surface area contributed by atoms with Crippen molar-refractivity contribution in [3.05, 3.63) is 54.0 Å². The van der Waals surface area contributed by atoms with E-state index in [1.807, 2.05) is 7.05 Å². The smallest absolute Gasteiger partial charge is 0.274 e. The van der Waals surface area contributed by atoms with Crippen LogP contribution in [0.15, 0.2) is 42.7 Å². The van der Waals surface area contributed by atoms with Gasteiger partial charge >= 0.3 is 0 Å². The first-order chi connectivity index (χ1) is 14.7. The molecule has 0 N–H and O–H groups in total. The summed E-state index contributed by atoms with van der Waals surface area (Å²) < 4.78 is 5.33. The van der Waals surface area contributed by atoms with Gasteiger partial charge in [0.1, 0.15) is 11.5 Å². The van der Waals surface area contributed by atoms with Gasteiger partial charge < -0.3 is 14.5 Å². The minimum Gasteiger partial charge on any atom is -0.378 e. The van der Waals surface area contributed by atoms with Crippen molar-refractivity contribution in [2.75, 3.05) is 57.9 Å². The lowest BCUT2D eigenvalue weighted by atomic mass is 9.96. The van der Waals surface area contributed by atoms with Gasteiger partial charge in [0.25, 0.3) is 5.91 Å². The van der Waals surface area contributed by atoms with E-state index in [2.05, 4.69) is 50.1 Å². The summed E-state index contributed by atoms with van der Waals surface area (Å²) in [6.45, 7) is 6.60. The summed E-state index contributed by atoms with van der Waals surface area (Å²) in [6, 6.07) is 10.7. The first-order valence-corrected chi connectivity index (χ1v) is 10.9. The quantitative estimate of drug-likeness (QED) is 0.730. The average molecular weight is 410 g/mol. The van der Waals surface area contributed by atoms with Crippen molar-refractivity contribution in [3.8, 4) is 0 Å². The zero-order chi connectivity index (χ0) is 20.8. The van der Waals surface area contributed by atoms with Gasteiger partial charge in [-0.3, -0.25) is 14.7 Å². The van der Waals surface area contributed by atoms with Gasteiger partial charge in [-0.1, -0.05) is 30.3 Å². The molecular weight excluding hydrogens is 378 g/mol. The normalized spacial score (nSPS) is 18.4. The number of hydrogen-bond acceptors (Lipinski definition) is 6. The molecule has 1 amide bonds. The number of morpholine rings is 1. The summed E-state index contributed by atoms with van der Waals surface area (Å²) >= 11 is 0. The van der Waals surface area contributed by atoms with E-state index in [4.69, 9.17) is 4.74 Å². The molecule has 2 aromatic rings. The molecule has 2 aliphatic rings. The highest BCUT2D eigenvalue weighted by Crippen LogP contribution is 2.21. The molecule has 30 heavy (non-hydrogen) atoms. The number of benzene rings is 1. The Balaban J connectivity index is 1.29. The van der Waals surface area contributed by atoms with E-state index in [0.717, 1.165) is 32.0 Å². The lowest BCUT2D eigenvalue weighted by Gasteiger charge is -2.34. The van der Waals surface area contributed by atoms with Crippen LogP contribution in [0.25, 0.3) is 0 Å². The molecule has 7 nitrogen and oxygen atoms in total. The van der Waals surface area contributed by atoms with Crippen molar-refractivity contribution < 1.29 is 9.53 Å². The van der Waals surface area contributed by atoms with Crippen LogP contribution in [0, 0.1) is 5.92 Å². The highest BCUT2D eigenvalue weighted by Gasteiger charge is 2.23. The molecule has 2 aliphatic heterocycles. The molecule has 1 aromatic carbocycles. The van der Waals surface area contributed by atoms with Crippen molar-refractivity contribution in [1.82, 2.24) is 19.8 Å². The van der Waals surface area contributed by atoms with E-state index >= 15 is 0 Å². The van der Waals surface area contributed by atoms with E-state index in [-0.39, 0.29) is 5.91 Å². The number of likely N-dealkylation sites (tertiary alicyclic amines) is 1. The van der Waals surface area contributed by atoms with Gasteiger partial charge in [-0.2, -0.15) is 0 Å². The fourth-order valence-corrected chi connectivity index (χ4v) is 4.22. The molecular formula is C23H31N5O2. The monoisotopic (exact) mass is 409 g/mol. The van der Waals surface area contributed by atoms with Crippen LogP contribution < -0.4 is 4.90 Å². The number of anilines is 1. The van der Waals surface area contributed by atoms with E-state index in [1.54, 1.807) is 17.3 Å². The molecule has 0 aliphatic carbocycles. The molecule has 1 aromatic heterocycles. The number of nitrogens with zero attached hydrogens (tertiary/aromatic N) is 5. The van der Waals surface area contributed by atoms with Gasteiger partial charge in [0, 0.05) is 33.2 Å². The van der Waals surface area contributed by atoms with Crippen LogP contribution in [0.2, 0.25) is 0 Å². The molecule has 0 saturated carbocycles. The number of aromatic nitrogens is 2. The first kappa shape index (κ1) is 20.8. The standard InChI is InChI=1S/C23H31N5O2/c1-26(17-20-7-9-27(10-8-20)18-19-5-3-2-4-6-19)22-16-24-15-21(25-22)23(29)28-11-13-30-14-12-28/h2-6,15-16,20H,7-14,17-18H2,1H3. The van der Waals surface area contributed by atoms with E-state index in [9.17, 15) is 4.79 Å². The molecule has 160 valence electrons. The third-order valence-electron chi connectivity index (χ3n) is 6.02. The molecule has 0 unspecified atom stereocenters. The maximum Gasteiger partial charge on any atom is 0.274 e. The second kappa shape index (κ2) is 10.00. The predicted molar refractivity (Wildman–Crippen MR) is 116 cm³/mol. The van der Waals surface area contributed by atoms with Crippen LogP contribution >= 0.6 is 0 Å². The first-order valence-electron chi connectivity index (χ1n) is 10.9. The molecule has 0 atom stereocenters. The summed E-state index contributed by atoms with van der Waals surface area (Å²) in [5.41, 5.74) is 1.80. The molecule has 3 heterocycles. The van der Waals surface area contributed by atoms with Crippen LogP contribution in [0.4, 0.5) is 5.82 Å². The number of piperidine rings is 1. The highest BCUT2D eigenvalue weighted by molar-refractivity contribution is 5.92. The van der Waals surface area contributed by atoms with E-state index in [0.29, 0.717) is 37.9 Å². The third kappa shape index (κ3) is 5.34. The van der Waals surface area contributed by atoms with E-state index < -0.39 is 0 Å². The predicted octanol–water partition coefficient (Wildman–Crippen LogP) is 2.30. The van der Waals surface area contributed by atoms with Crippen LogP contribution in [0.5, 0.6) is 0 Å². The lowest BCUT2D eigenvalue weighted by Crippen LogP contribution is -2.41. The summed E-state index contributed by atoms with van der Waals surface area (Å²) in [6.07, 6.45) is 5.67. The Morgan fingerprint density at radius 3 is 2.57 bits per heavy atom. The molecule has 0 bridgehead atoms. The number of hydrogen-bond donors (Lipinski definition) is 0. The lowest BCUT2D eigenvalue weighted by molar-refractivity contribution is 0.0299. The molecule has 0 radical (unpaired) electrons. The Hall–Kier alpha value is -2.51. The maximum absolute atomic E-state index is 12.7. The summed E-state index contributed by atoms with van der Waals surface area (Å²) in [5.74, 6) is 1.33. The fraction of sp³-hybridized carbons (Fsp3) is 0.522. The third-order valence-corrected chi connectivity index (χ3v) is 6.02. The van der Waals surface area contributed by atoms with Gasteiger partial charge in [-0.15, -0.1) is 0 Å². The van der Waals surface area contributed by atoms with Gasteiger partial charge in [-0.05, 0) is 37.4 Å². The van der Waals surface area contributed by atoms with Gasteiger partial charge in [-0.25, -0.2) is 4.98 Å². The zero-order valence-corrected chi connectivity index (χ0v) is 17.7. The van der Waals surface area contributed by atoms with Crippen molar-refractivity contribution in [2.45, 2.75) is 19.4 Å². The van der Waals surface area contributed by atoms with Gasteiger partial charge in [0.2, 0.25) is 0 Å². The molecule has 2 saturated heterocycles. The van der Waals surface area contributed by atoms with Crippen LogP contribution in [-0.2, 0) is 11.3 Å². The number of ether oxygens (including phenoxy) is 1. The highest BCUT2D eigenvalue weighted by atomic mass is 16.5. The number of amides is 1. The Labute approximate surface area is 178 Å². The van der Waals surface area contributed by atoms with Gasteiger partial charge in [0.15, 0.2) is 0 Å². The summed E-state index contributed by atoms with van der Waals surface area (Å²) in [4.78, 5) is 28.0. The number of carbonyl (C=O) groups is 1. The SMILES string of the molecule is CN(CC1CCN(Cc2ccccc2)CC1)c1cncc(C(=O)N2CCOCC2)n1. The number of carbonyl (C=O) groups excluding carboxylic acids is 1. The zero-order valence-electron chi connectivity index (χ0n) is 17.7. The van der Waals surface area contributed by atoms with Crippen molar-refractivity contribution in [1.29, 1.82) is 0 Å². The van der Waals surface area contributed by atoms with Crippen molar-refractivity contribution in [3.63, 3.8) is 0 Å². The topological polar surface area (TPSA) is 61.8 Å². The minimum absolute atomic E-state index is 0.0599. The average Bonchev–Trinajstić information content (AvgIpc) is 2.81. The summed E-state index contributed by atoms with van der Waals surface area (Å²) in [5, 5.41) is 0. The molecule has 4 rings (SSSR count). The maximum atomic E-state index is 12.7. The van der Waals surface area contributed by atoms with Gasteiger partial charge in [0.05, 0.1) is 25.6 Å².